The normalized spacial score (nSPS) is 10.4. The molecule has 3 aromatic carbocycles. The van der Waals surface area contributed by atoms with Crippen LogP contribution in [0.5, 0.6) is 0 Å². The van der Waals surface area contributed by atoms with Crippen LogP contribution in [0.1, 0.15) is 17.2 Å². The van der Waals surface area contributed by atoms with Crippen molar-refractivity contribution in [2.24, 2.45) is 0 Å². The van der Waals surface area contributed by atoms with E-state index >= 15 is 0 Å². The molecule has 2 amide bonds. The minimum atomic E-state index is -0.228. The van der Waals surface area contributed by atoms with Crippen LogP contribution >= 0.6 is 22.6 Å². The van der Waals surface area contributed by atoms with Crippen molar-refractivity contribution in [3.8, 4) is 0 Å². The monoisotopic (exact) mass is 428 g/mol. The SMILES string of the molecule is O=C(Nc1ccc(I)cc1)NC(c1ccccc1)c1ccccc1. The average molecular weight is 428 g/mol. The summed E-state index contributed by atoms with van der Waals surface area (Å²) in [5, 5.41) is 5.95. The molecular weight excluding hydrogens is 411 g/mol. The third kappa shape index (κ3) is 4.35. The van der Waals surface area contributed by atoms with Crippen molar-refractivity contribution in [3.63, 3.8) is 0 Å². The summed E-state index contributed by atoms with van der Waals surface area (Å²) in [6.45, 7) is 0. The van der Waals surface area contributed by atoms with Gasteiger partial charge in [0.25, 0.3) is 0 Å². The molecular formula is C20H17IN2O. The van der Waals surface area contributed by atoms with Crippen molar-refractivity contribution in [1.82, 2.24) is 5.32 Å². The first-order chi connectivity index (χ1) is 11.7. The van der Waals surface area contributed by atoms with Gasteiger partial charge in [0.1, 0.15) is 0 Å². The summed E-state index contributed by atoms with van der Waals surface area (Å²) in [4.78, 5) is 12.4. The summed E-state index contributed by atoms with van der Waals surface area (Å²) in [6, 6.07) is 27.2. The maximum atomic E-state index is 12.4. The van der Waals surface area contributed by atoms with Crippen LogP contribution in [0.4, 0.5) is 10.5 Å². The minimum Gasteiger partial charge on any atom is -0.327 e. The van der Waals surface area contributed by atoms with E-state index in [1.807, 2.05) is 84.9 Å². The fourth-order valence-corrected chi connectivity index (χ4v) is 2.84. The Morgan fingerprint density at radius 2 is 1.25 bits per heavy atom. The van der Waals surface area contributed by atoms with Crippen molar-refractivity contribution in [2.75, 3.05) is 5.32 Å². The summed E-state index contributed by atoms with van der Waals surface area (Å²) < 4.78 is 1.13. The van der Waals surface area contributed by atoms with Crippen LogP contribution in [-0.4, -0.2) is 6.03 Å². The van der Waals surface area contributed by atoms with E-state index in [-0.39, 0.29) is 12.1 Å². The highest BCUT2D eigenvalue weighted by molar-refractivity contribution is 14.1. The van der Waals surface area contributed by atoms with Gasteiger partial charge >= 0.3 is 6.03 Å². The number of hydrogen-bond acceptors (Lipinski definition) is 1. The molecule has 3 nitrogen and oxygen atoms in total. The molecule has 0 saturated carbocycles. The third-order valence-corrected chi connectivity index (χ3v) is 4.36. The predicted octanol–water partition coefficient (Wildman–Crippen LogP) is 5.20. The van der Waals surface area contributed by atoms with Gasteiger partial charge in [-0.05, 0) is 58.0 Å². The zero-order valence-electron chi connectivity index (χ0n) is 12.9. The number of rotatable bonds is 4. The fraction of sp³-hybridized carbons (Fsp3) is 0.0500. The average Bonchev–Trinajstić information content (AvgIpc) is 2.63. The number of carbonyl (C=O) groups excluding carboxylic acids is 1. The lowest BCUT2D eigenvalue weighted by molar-refractivity contribution is 0.250. The number of carbonyl (C=O) groups is 1. The van der Waals surface area contributed by atoms with Crippen molar-refractivity contribution in [1.29, 1.82) is 0 Å². The van der Waals surface area contributed by atoms with E-state index in [2.05, 4.69) is 33.2 Å². The second-order valence-corrected chi connectivity index (χ2v) is 6.61. The molecule has 0 saturated heterocycles. The Balaban J connectivity index is 1.79. The molecule has 24 heavy (non-hydrogen) atoms. The largest absolute Gasteiger partial charge is 0.327 e. The van der Waals surface area contributed by atoms with E-state index in [0.29, 0.717) is 0 Å². The van der Waals surface area contributed by atoms with Gasteiger partial charge in [-0.25, -0.2) is 4.79 Å². The number of amides is 2. The quantitative estimate of drug-likeness (QED) is 0.551. The third-order valence-electron chi connectivity index (χ3n) is 3.64. The molecule has 0 heterocycles. The van der Waals surface area contributed by atoms with Gasteiger partial charge < -0.3 is 10.6 Å². The van der Waals surface area contributed by atoms with Gasteiger partial charge in [0.15, 0.2) is 0 Å². The molecule has 0 bridgehead atoms. The number of anilines is 1. The maximum Gasteiger partial charge on any atom is 0.319 e. The Hall–Kier alpha value is -2.34. The molecule has 0 spiro atoms. The Kier molecular flexibility index (Phi) is 5.48. The highest BCUT2D eigenvalue weighted by atomic mass is 127. The topological polar surface area (TPSA) is 41.1 Å². The van der Waals surface area contributed by atoms with Gasteiger partial charge in [-0.3, -0.25) is 0 Å². The van der Waals surface area contributed by atoms with Crippen LogP contribution in [0.2, 0.25) is 0 Å². The Morgan fingerprint density at radius 1 is 0.750 bits per heavy atom. The molecule has 0 unspecified atom stereocenters. The lowest BCUT2D eigenvalue weighted by Crippen LogP contribution is -2.33. The van der Waals surface area contributed by atoms with E-state index in [4.69, 9.17) is 0 Å². The Labute approximate surface area is 155 Å². The van der Waals surface area contributed by atoms with Gasteiger partial charge in [-0.2, -0.15) is 0 Å². The van der Waals surface area contributed by atoms with E-state index in [9.17, 15) is 4.79 Å². The lowest BCUT2D eigenvalue weighted by Gasteiger charge is -2.20. The molecule has 120 valence electrons. The van der Waals surface area contributed by atoms with Gasteiger partial charge in [0.05, 0.1) is 6.04 Å². The fourth-order valence-electron chi connectivity index (χ4n) is 2.48. The molecule has 3 aromatic rings. The number of benzene rings is 3. The molecule has 4 heteroatoms. The standard InChI is InChI=1S/C20H17IN2O/c21-17-11-13-18(14-12-17)22-20(24)23-19(15-7-3-1-4-8-15)16-9-5-2-6-10-16/h1-14,19H,(H2,22,23,24). The van der Waals surface area contributed by atoms with E-state index in [1.165, 1.54) is 0 Å². The smallest absolute Gasteiger partial charge is 0.319 e. The first-order valence-electron chi connectivity index (χ1n) is 7.65. The first-order valence-corrected chi connectivity index (χ1v) is 8.73. The Morgan fingerprint density at radius 3 is 1.75 bits per heavy atom. The molecule has 0 aromatic heterocycles. The van der Waals surface area contributed by atoms with Crippen LogP contribution in [0.15, 0.2) is 84.9 Å². The molecule has 0 aliphatic carbocycles. The summed E-state index contributed by atoms with van der Waals surface area (Å²) >= 11 is 2.24. The van der Waals surface area contributed by atoms with Gasteiger partial charge in [0.2, 0.25) is 0 Å². The van der Waals surface area contributed by atoms with E-state index in [1.54, 1.807) is 0 Å². The highest BCUT2D eigenvalue weighted by Crippen LogP contribution is 2.22. The summed E-state index contributed by atoms with van der Waals surface area (Å²) in [5.74, 6) is 0. The summed E-state index contributed by atoms with van der Waals surface area (Å²) in [7, 11) is 0. The molecule has 0 aliphatic heterocycles. The highest BCUT2D eigenvalue weighted by Gasteiger charge is 2.16. The summed E-state index contributed by atoms with van der Waals surface area (Å²) in [5.41, 5.74) is 2.86. The number of hydrogen-bond donors (Lipinski definition) is 2. The second kappa shape index (κ2) is 7.97. The number of urea groups is 1. The minimum absolute atomic E-state index is 0.198. The second-order valence-electron chi connectivity index (χ2n) is 5.36. The predicted molar refractivity (Wildman–Crippen MR) is 106 cm³/mol. The summed E-state index contributed by atoms with van der Waals surface area (Å²) in [6.07, 6.45) is 0. The molecule has 3 rings (SSSR count). The van der Waals surface area contributed by atoms with Crippen molar-refractivity contribution < 1.29 is 4.79 Å². The van der Waals surface area contributed by atoms with E-state index in [0.717, 1.165) is 20.4 Å². The zero-order chi connectivity index (χ0) is 16.8. The molecule has 0 radical (unpaired) electrons. The van der Waals surface area contributed by atoms with Crippen LogP contribution < -0.4 is 10.6 Å². The molecule has 0 atom stereocenters. The molecule has 0 aliphatic rings. The van der Waals surface area contributed by atoms with Crippen molar-refractivity contribution in [3.05, 3.63) is 99.6 Å². The lowest BCUT2D eigenvalue weighted by atomic mass is 9.99. The van der Waals surface area contributed by atoms with Gasteiger partial charge in [-0.1, -0.05) is 60.7 Å². The molecule has 2 N–H and O–H groups in total. The van der Waals surface area contributed by atoms with Crippen LogP contribution in [0, 0.1) is 3.57 Å². The van der Waals surface area contributed by atoms with Gasteiger partial charge in [-0.15, -0.1) is 0 Å². The number of nitrogens with one attached hydrogen (secondary N) is 2. The van der Waals surface area contributed by atoms with Crippen LogP contribution in [0.3, 0.4) is 0 Å². The van der Waals surface area contributed by atoms with Gasteiger partial charge in [0, 0.05) is 9.26 Å². The zero-order valence-corrected chi connectivity index (χ0v) is 15.1. The first kappa shape index (κ1) is 16.5. The van der Waals surface area contributed by atoms with Crippen molar-refractivity contribution >= 4 is 34.3 Å². The maximum absolute atomic E-state index is 12.4. The van der Waals surface area contributed by atoms with Crippen LogP contribution in [-0.2, 0) is 0 Å². The van der Waals surface area contributed by atoms with Crippen LogP contribution in [0.25, 0.3) is 0 Å². The van der Waals surface area contributed by atoms with E-state index < -0.39 is 0 Å². The Bertz CT molecular complexity index is 749. The van der Waals surface area contributed by atoms with Crippen molar-refractivity contribution in [2.45, 2.75) is 6.04 Å². The number of halogens is 1. The molecule has 0 fully saturated rings.